The third-order valence-electron chi connectivity index (χ3n) is 2.44. The summed E-state index contributed by atoms with van der Waals surface area (Å²) in [5.74, 6) is 5.79. The van der Waals surface area contributed by atoms with E-state index >= 15 is 0 Å². The Hall–Kier alpha value is -1.93. The van der Waals surface area contributed by atoms with Crippen LogP contribution < -0.4 is 16.2 Å². The zero-order valence-electron chi connectivity index (χ0n) is 10.3. The molecule has 0 aromatic carbocycles. The van der Waals surface area contributed by atoms with Gasteiger partial charge in [-0.05, 0) is 19.4 Å². The van der Waals surface area contributed by atoms with Gasteiger partial charge in [-0.15, -0.1) is 0 Å². The smallest absolute Gasteiger partial charge is 0.311 e. The number of hydrogen-bond acceptors (Lipinski definition) is 7. The monoisotopic (exact) mass is 255 g/mol. The van der Waals surface area contributed by atoms with Gasteiger partial charge in [-0.25, -0.2) is 10.8 Å². The van der Waals surface area contributed by atoms with Crippen molar-refractivity contribution in [2.24, 2.45) is 5.84 Å². The predicted octanol–water partition coefficient (Wildman–Crippen LogP) is 0.482. The van der Waals surface area contributed by atoms with Crippen molar-refractivity contribution in [2.75, 3.05) is 23.9 Å². The quantitative estimate of drug-likeness (QED) is 0.384. The molecule has 8 nitrogen and oxygen atoms in total. The van der Waals surface area contributed by atoms with Crippen molar-refractivity contribution >= 4 is 17.3 Å². The van der Waals surface area contributed by atoms with E-state index in [1.165, 1.54) is 12.1 Å². The summed E-state index contributed by atoms with van der Waals surface area (Å²) in [6.07, 6.45) is 0.0256. The number of hydrogen-bond donors (Lipinski definition) is 3. The van der Waals surface area contributed by atoms with Crippen LogP contribution in [0.15, 0.2) is 12.1 Å². The summed E-state index contributed by atoms with van der Waals surface area (Å²) in [7, 11) is 1.68. The number of nitrogens with one attached hydrogen (secondary N) is 1. The molecule has 0 spiro atoms. The highest BCUT2D eigenvalue weighted by Crippen LogP contribution is 2.26. The Morgan fingerprint density at radius 2 is 2.33 bits per heavy atom. The number of nitro groups is 1. The molecule has 100 valence electrons. The van der Waals surface area contributed by atoms with Crippen LogP contribution in [0.5, 0.6) is 0 Å². The first-order valence-corrected chi connectivity index (χ1v) is 5.47. The van der Waals surface area contributed by atoms with Crippen LogP contribution in [0.3, 0.4) is 0 Å². The highest BCUT2D eigenvalue weighted by atomic mass is 16.6. The topological polar surface area (TPSA) is 118 Å². The van der Waals surface area contributed by atoms with Gasteiger partial charge < -0.3 is 15.4 Å². The van der Waals surface area contributed by atoms with E-state index in [4.69, 9.17) is 5.84 Å². The molecular formula is C10H17N5O3. The summed E-state index contributed by atoms with van der Waals surface area (Å²) in [6.45, 7) is 2.12. The summed E-state index contributed by atoms with van der Waals surface area (Å²) >= 11 is 0. The Bertz CT molecular complexity index is 424. The summed E-state index contributed by atoms with van der Waals surface area (Å²) in [4.78, 5) is 16.1. The first-order chi connectivity index (χ1) is 8.45. The van der Waals surface area contributed by atoms with Crippen molar-refractivity contribution in [1.82, 2.24) is 4.98 Å². The second-order valence-electron chi connectivity index (χ2n) is 4.00. The van der Waals surface area contributed by atoms with Crippen molar-refractivity contribution < 1.29 is 10.0 Å². The fraction of sp³-hybridized carbons (Fsp3) is 0.500. The van der Waals surface area contributed by atoms with E-state index in [2.05, 4.69) is 10.4 Å². The van der Waals surface area contributed by atoms with Crippen LogP contribution in [-0.4, -0.2) is 34.7 Å². The van der Waals surface area contributed by atoms with Crippen molar-refractivity contribution in [2.45, 2.75) is 19.4 Å². The molecule has 0 aliphatic rings. The van der Waals surface area contributed by atoms with Gasteiger partial charge in [0.1, 0.15) is 5.82 Å². The molecular weight excluding hydrogens is 238 g/mol. The maximum absolute atomic E-state index is 10.9. The number of pyridine rings is 1. The lowest BCUT2D eigenvalue weighted by Gasteiger charge is -2.19. The Morgan fingerprint density at radius 1 is 1.67 bits per heavy atom. The zero-order valence-corrected chi connectivity index (χ0v) is 10.3. The zero-order chi connectivity index (χ0) is 13.7. The lowest BCUT2D eigenvalue weighted by molar-refractivity contribution is -0.384. The van der Waals surface area contributed by atoms with Gasteiger partial charge in [-0.2, -0.15) is 0 Å². The Labute approximate surface area is 105 Å². The number of nitrogen functional groups attached to an aromatic ring is 1. The molecule has 1 aromatic rings. The van der Waals surface area contributed by atoms with Crippen LogP contribution in [0.1, 0.15) is 13.3 Å². The van der Waals surface area contributed by atoms with E-state index in [9.17, 15) is 15.2 Å². The first-order valence-electron chi connectivity index (χ1n) is 5.47. The molecule has 1 aromatic heterocycles. The van der Waals surface area contributed by atoms with Gasteiger partial charge in [0, 0.05) is 19.7 Å². The molecule has 8 heteroatoms. The molecule has 18 heavy (non-hydrogen) atoms. The predicted molar refractivity (Wildman–Crippen MR) is 68.3 cm³/mol. The standard InChI is InChI=1S/C10H17N5O3/c1-7(16)5-6-14(2)10-8(15(17)18)3-4-9(12-10)13-11/h3-4,7,16H,5-6,11H2,1-2H3,(H,12,13). The minimum Gasteiger partial charge on any atom is -0.393 e. The average Bonchev–Trinajstić information content (AvgIpc) is 2.34. The third-order valence-corrected chi connectivity index (χ3v) is 2.44. The second kappa shape index (κ2) is 6.12. The van der Waals surface area contributed by atoms with Crippen molar-refractivity contribution in [3.05, 3.63) is 22.2 Å². The Morgan fingerprint density at radius 3 is 2.83 bits per heavy atom. The third kappa shape index (κ3) is 3.54. The van der Waals surface area contributed by atoms with Gasteiger partial charge in [0.2, 0.25) is 5.82 Å². The highest BCUT2D eigenvalue weighted by molar-refractivity contribution is 5.61. The summed E-state index contributed by atoms with van der Waals surface area (Å²) in [5.41, 5.74) is 2.25. The maximum atomic E-state index is 10.9. The van der Waals surface area contributed by atoms with Crippen LogP contribution in [0.2, 0.25) is 0 Å². The number of aliphatic hydroxyl groups is 1. The van der Waals surface area contributed by atoms with Gasteiger partial charge in [0.15, 0.2) is 0 Å². The van der Waals surface area contributed by atoms with E-state index in [0.29, 0.717) is 18.8 Å². The van der Waals surface area contributed by atoms with Crippen molar-refractivity contribution in [3.63, 3.8) is 0 Å². The Balaban J connectivity index is 2.99. The minimum atomic E-state index is -0.499. The fourth-order valence-corrected chi connectivity index (χ4v) is 1.43. The van der Waals surface area contributed by atoms with Gasteiger partial charge >= 0.3 is 5.69 Å². The normalized spacial score (nSPS) is 12.0. The molecule has 0 radical (unpaired) electrons. The highest BCUT2D eigenvalue weighted by Gasteiger charge is 2.19. The SMILES string of the molecule is CC(O)CCN(C)c1nc(NN)ccc1[N+](=O)[O-]. The number of aromatic nitrogens is 1. The number of anilines is 2. The second-order valence-corrected chi connectivity index (χ2v) is 4.00. The number of rotatable bonds is 6. The molecule has 1 rings (SSSR count). The number of aliphatic hydroxyl groups excluding tert-OH is 1. The number of hydrazine groups is 1. The number of nitrogens with two attached hydrogens (primary N) is 1. The van der Waals surface area contributed by atoms with Gasteiger partial charge in [0.25, 0.3) is 0 Å². The van der Waals surface area contributed by atoms with Crippen LogP contribution >= 0.6 is 0 Å². The van der Waals surface area contributed by atoms with Crippen molar-refractivity contribution in [3.8, 4) is 0 Å². The van der Waals surface area contributed by atoms with Gasteiger partial charge in [-0.3, -0.25) is 10.1 Å². The molecule has 1 atom stereocenters. The van der Waals surface area contributed by atoms with Gasteiger partial charge in [-0.1, -0.05) is 0 Å². The minimum absolute atomic E-state index is 0.0953. The largest absolute Gasteiger partial charge is 0.393 e. The van der Waals surface area contributed by atoms with Crippen LogP contribution in [0.25, 0.3) is 0 Å². The summed E-state index contributed by atoms with van der Waals surface area (Å²) in [6, 6.07) is 2.78. The first kappa shape index (κ1) is 14.1. The molecule has 0 aliphatic carbocycles. The maximum Gasteiger partial charge on any atom is 0.311 e. The molecule has 1 unspecified atom stereocenters. The molecule has 0 saturated carbocycles. The fourth-order valence-electron chi connectivity index (χ4n) is 1.43. The molecule has 0 aliphatic heterocycles. The lowest BCUT2D eigenvalue weighted by atomic mass is 10.2. The van der Waals surface area contributed by atoms with Crippen LogP contribution in [-0.2, 0) is 0 Å². The molecule has 4 N–H and O–H groups in total. The Kier molecular flexibility index (Phi) is 4.81. The van der Waals surface area contributed by atoms with Crippen molar-refractivity contribution in [1.29, 1.82) is 0 Å². The van der Waals surface area contributed by atoms with Gasteiger partial charge in [0.05, 0.1) is 11.0 Å². The van der Waals surface area contributed by atoms with E-state index in [1.807, 2.05) is 0 Å². The summed E-state index contributed by atoms with van der Waals surface area (Å²) < 4.78 is 0. The molecule has 0 bridgehead atoms. The lowest BCUT2D eigenvalue weighted by Crippen LogP contribution is -2.24. The van der Waals surface area contributed by atoms with Crippen LogP contribution in [0.4, 0.5) is 17.3 Å². The molecule has 0 saturated heterocycles. The number of nitrogens with zero attached hydrogens (tertiary/aromatic N) is 3. The molecule has 1 heterocycles. The van der Waals surface area contributed by atoms with E-state index in [-0.39, 0.29) is 11.5 Å². The molecule has 0 fully saturated rings. The molecule has 0 amide bonds. The van der Waals surface area contributed by atoms with E-state index < -0.39 is 11.0 Å². The van der Waals surface area contributed by atoms with E-state index in [0.717, 1.165) is 0 Å². The van der Waals surface area contributed by atoms with E-state index in [1.54, 1.807) is 18.9 Å². The average molecular weight is 255 g/mol. The summed E-state index contributed by atoms with van der Waals surface area (Å²) in [5, 5.41) is 20.1. The van der Waals surface area contributed by atoms with Crippen LogP contribution in [0, 0.1) is 10.1 Å².